The third kappa shape index (κ3) is 5.33. The highest BCUT2D eigenvalue weighted by Gasteiger charge is 2.21. The Morgan fingerprint density at radius 2 is 1.54 bits per heavy atom. The van der Waals surface area contributed by atoms with Crippen molar-refractivity contribution in [1.29, 1.82) is 0 Å². The number of rotatable bonds is 8. The molecule has 0 heterocycles. The average molecular weight is 379 g/mol. The predicted octanol–water partition coefficient (Wildman–Crippen LogP) is 4.53. The number of carbonyl (C=O) groups is 1. The summed E-state index contributed by atoms with van der Waals surface area (Å²) in [6.45, 7) is 1.77. The molecule has 0 bridgehead atoms. The fourth-order valence-electron chi connectivity index (χ4n) is 2.69. The highest BCUT2D eigenvalue weighted by Crippen LogP contribution is 2.20. The molecule has 28 heavy (non-hydrogen) atoms. The summed E-state index contributed by atoms with van der Waals surface area (Å²) < 4.78 is 25.1. The SMILES string of the molecule is C[C@H](Oc1ccccc1)C(=O)N[C@H](COc1ccccc1F)c1ccccc1. The van der Waals surface area contributed by atoms with Crippen molar-refractivity contribution in [2.45, 2.75) is 19.1 Å². The van der Waals surface area contributed by atoms with E-state index in [2.05, 4.69) is 5.32 Å². The summed E-state index contributed by atoms with van der Waals surface area (Å²) >= 11 is 0. The summed E-state index contributed by atoms with van der Waals surface area (Å²) in [5, 5.41) is 2.93. The molecule has 0 saturated carbocycles. The lowest BCUT2D eigenvalue weighted by molar-refractivity contribution is -0.128. The summed E-state index contributed by atoms with van der Waals surface area (Å²) in [5.41, 5.74) is 0.860. The van der Waals surface area contributed by atoms with Crippen molar-refractivity contribution in [2.75, 3.05) is 6.61 Å². The Morgan fingerprint density at radius 3 is 2.21 bits per heavy atom. The van der Waals surface area contributed by atoms with E-state index in [1.54, 1.807) is 37.3 Å². The zero-order valence-electron chi connectivity index (χ0n) is 15.5. The smallest absolute Gasteiger partial charge is 0.261 e. The maximum atomic E-state index is 13.8. The number of amides is 1. The van der Waals surface area contributed by atoms with E-state index in [-0.39, 0.29) is 18.3 Å². The molecule has 0 radical (unpaired) electrons. The van der Waals surface area contributed by atoms with Crippen LogP contribution >= 0.6 is 0 Å². The minimum atomic E-state index is -0.693. The molecule has 0 spiro atoms. The van der Waals surface area contributed by atoms with Crippen LogP contribution in [0.15, 0.2) is 84.9 Å². The lowest BCUT2D eigenvalue weighted by Crippen LogP contribution is -2.40. The quantitative estimate of drug-likeness (QED) is 0.626. The monoisotopic (exact) mass is 379 g/mol. The van der Waals surface area contributed by atoms with Crippen LogP contribution in [0, 0.1) is 5.82 Å². The van der Waals surface area contributed by atoms with Gasteiger partial charge in [0.15, 0.2) is 17.7 Å². The van der Waals surface area contributed by atoms with Crippen LogP contribution in [-0.4, -0.2) is 18.6 Å². The lowest BCUT2D eigenvalue weighted by Gasteiger charge is -2.22. The number of benzene rings is 3. The molecule has 3 aromatic rings. The maximum Gasteiger partial charge on any atom is 0.261 e. The molecule has 2 atom stereocenters. The number of carbonyl (C=O) groups excluding carboxylic acids is 1. The molecule has 0 saturated heterocycles. The lowest BCUT2D eigenvalue weighted by atomic mass is 10.1. The Labute approximate surface area is 163 Å². The average Bonchev–Trinajstić information content (AvgIpc) is 2.73. The van der Waals surface area contributed by atoms with E-state index in [1.807, 2.05) is 48.5 Å². The van der Waals surface area contributed by atoms with Gasteiger partial charge >= 0.3 is 0 Å². The summed E-state index contributed by atoms with van der Waals surface area (Å²) in [6.07, 6.45) is -0.693. The van der Waals surface area contributed by atoms with Crippen molar-refractivity contribution in [2.24, 2.45) is 0 Å². The van der Waals surface area contributed by atoms with Crippen LogP contribution in [0.25, 0.3) is 0 Å². The molecule has 3 rings (SSSR count). The van der Waals surface area contributed by atoms with Crippen LogP contribution in [0.2, 0.25) is 0 Å². The van der Waals surface area contributed by atoms with E-state index in [1.165, 1.54) is 6.07 Å². The van der Waals surface area contributed by atoms with E-state index >= 15 is 0 Å². The molecule has 0 aliphatic rings. The van der Waals surface area contributed by atoms with Gasteiger partial charge in [-0.1, -0.05) is 60.7 Å². The Bertz CT molecular complexity index is 887. The summed E-state index contributed by atoms with van der Waals surface area (Å²) in [6, 6.07) is 24.3. The van der Waals surface area contributed by atoms with Crippen LogP contribution in [0.4, 0.5) is 4.39 Å². The number of halogens is 1. The van der Waals surface area contributed by atoms with E-state index in [4.69, 9.17) is 9.47 Å². The zero-order chi connectivity index (χ0) is 19.8. The molecular formula is C23H22FNO3. The normalized spacial score (nSPS) is 12.6. The van der Waals surface area contributed by atoms with E-state index in [9.17, 15) is 9.18 Å². The summed E-state index contributed by atoms with van der Waals surface area (Å²) in [5.74, 6) is 0.0338. The predicted molar refractivity (Wildman–Crippen MR) is 106 cm³/mol. The van der Waals surface area contributed by atoms with E-state index in [0.29, 0.717) is 5.75 Å². The molecule has 3 aromatic carbocycles. The van der Waals surface area contributed by atoms with Gasteiger partial charge in [-0.25, -0.2) is 4.39 Å². The van der Waals surface area contributed by atoms with Gasteiger partial charge in [0.05, 0.1) is 6.04 Å². The van der Waals surface area contributed by atoms with Gasteiger partial charge in [-0.15, -0.1) is 0 Å². The standard InChI is InChI=1S/C23H22FNO3/c1-17(28-19-12-6-3-7-13-19)23(26)25-21(18-10-4-2-5-11-18)16-27-22-15-9-8-14-20(22)24/h2-15,17,21H,16H2,1H3,(H,25,26)/t17-,21+/m0/s1. The van der Waals surface area contributed by atoms with Crippen LogP contribution in [0.3, 0.4) is 0 Å². The Morgan fingerprint density at radius 1 is 0.929 bits per heavy atom. The first-order valence-electron chi connectivity index (χ1n) is 9.08. The van der Waals surface area contributed by atoms with Gasteiger partial charge in [-0.3, -0.25) is 4.79 Å². The second kappa shape index (κ2) is 9.55. The van der Waals surface area contributed by atoms with E-state index in [0.717, 1.165) is 5.56 Å². The number of ether oxygens (including phenoxy) is 2. The zero-order valence-corrected chi connectivity index (χ0v) is 15.5. The molecule has 5 heteroatoms. The first kappa shape index (κ1) is 19.4. The second-order valence-electron chi connectivity index (χ2n) is 6.29. The number of para-hydroxylation sites is 2. The summed E-state index contributed by atoms with van der Waals surface area (Å²) in [7, 11) is 0. The Kier molecular flexibility index (Phi) is 6.63. The first-order chi connectivity index (χ1) is 13.6. The molecule has 0 aliphatic carbocycles. The number of hydrogen-bond donors (Lipinski definition) is 1. The van der Waals surface area contributed by atoms with Crippen LogP contribution in [-0.2, 0) is 4.79 Å². The van der Waals surface area contributed by atoms with Crippen LogP contribution < -0.4 is 14.8 Å². The molecule has 144 valence electrons. The molecular weight excluding hydrogens is 357 g/mol. The highest BCUT2D eigenvalue weighted by atomic mass is 19.1. The Hall–Kier alpha value is -3.34. The van der Waals surface area contributed by atoms with Gasteiger partial charge in [0.1, 0.15) is 12.4 Å². The van der Waals surface area contributed by atoms with Gasteiger partial charge in [-0.05, 0) is 36.8 Å². The van der Waals surface area contributed by atoms with Crippen molar-refractivity contribution in [3.8, 4) is 11.5 Å². The maximum absolute atomic E-state index is 13.8. The third-order valence-corrected chi connectivity index (χ3v) is 4.19. The van der Waals surface area contributed by atoms with Crippen molar-refractivity contribution in [3.63, 3.8) is 0 Å². The van der Waals surface area contributed by atoms with Gasteiger partial charge in [0.2, 0.25) is 0 Å². The van der Waals surface area contributed by atoms with Crippen LogP contribution in [0.5, 0.6) is 11.5 Å². The molecule has 1 N–H and O–H groups in total. The highest BCUT2D eigenvalue weighted by molar-refractivity contribution is 5.81. The van der Waals surface area contributed by atoms with Crippen molar-refractivity contribution in [1.82, 2.24) is 5.32 Å². The van der Waals surface area contributed by atoms with Gasteiger partial charge in [0.25, 0.3) is 5.91 Å². The largest absolute Gasteiger partial charge is 0.488 e. The molecule has 4 nitrogen and oxygen atoms in total. The van der Waals surface area contributed by atoms with Gasteiger partial charge in [-0.2, -0.15) is 0 Å². The summed E-state index contributed by atoms with van der Waals surface area (Å²) in [4.78, 5) is 12.6. The fraction of sp³-hybridized carbons (Fsp3) is 0.174. The van der Waals surface area contributed by atoms with Crippen molar-refractivity contribution >= 4 is 5.91 Å². The third-order valence-electron chi connectivity index (χ3n) is 4.19. The molecule has 0 unspecified atom stereocenters. The minimum Gasteiger partial charge on any atom is -0.488 e. The van der Waals surface area contributed by atoms with Gasteiger partial charge in [0, 0.05) is 0 Å². The number of hydrogen-bond acceptors (Lipinski definition) is 3. The van der Waals surface area contributed by atoms with E-state index < -0.39 is 18.0 Å². The Balaban J connectivity index is 1.68. The topological polar surface area (TPSA) is 47.6 Å². The minimum absolute atomic E-state index is 0.0920. The van der Waals surface area contributed by atoms with Crippen molar-refractivity contribution < 1.29 is 18.7 Å². The second-order valence-corrected chi connectivity index (χ2v) is 6.29. The first-order valence-corrected chi connectivity index (χ1v) is 9.08. The number of nitrogens with one attached hydrogen (secondary N) is 1. The van der Waals surface area contributed by atoms with Gasteiger partial charge < -0.3 is 14.8 Å². The molecule has 1 amide bonds. The van der Waals surface area contributed by atoms with Crippen molar-refractivity contribution in [3.05, 3.63) is 96.3 Å². The van der Waals surface area contributed by atoms with Crippen LogP contribution in [0.1, 0.15) is 18.5 Å². The molecule has 0 aliphatic heterocycles. The molecule has 0 fully saturated rings. The fourth-order valence-corrected chi connectivity index (χ4v) is 2.69. The molecule has 0 aromatic heterocycles.